The Kier molecular flexibility index (Phi) is 4.58. The highest BCUT2D eigenvalue weighted by atomic mass is 15.1. The number of rotatable bonds is 3. The first kappa shape index (κ1) is 13.9. The van der Waals surface area contributed by atoms with Crippen molar-refractivity contribution in [2.75, 3.05) is 31.6 Å². The molecule has 0 aromatic heterocycles. The molecule has 110 valence electrons. The highest BCUT2D eigenvalue weighted by molar-refractivity contribution is 5.48. The third-order valence-corrected chi connectivity index (χ3v) is 4.87. The Morgan fingerprint density at radius 1 is 1.00 bits per heavy atom. The van der Waals surface area contributed by atoms with Gasteiger partial charge in [-0.2, -0.15) is 0 Å². The van der Waals surface area contributed by atoms with Crippen LogP contribution >= 0.6 is 0 Å². The first-order chi connectivity index (χ1) is 9.84. The molecule has 2 N–H and O–H groups in total. The van der Waals surface area contributed by atoms with Crippen molar-refractivity contribution in [2.45, 2.75) is 44.2 Å². The van der Waals surface area contributed by atoms with Crippen LogP contribution in [0.3, 0.4) is 0 Å². The van der Waals surface area contributed by atoms with Gasteiger partial charge in [-0.3, -0.25) is 0 Å². The summed E-state index contributed by atoms with van der Waals surface area (Å²) < 4.78 is 0. The molecular weight excluding hydrogens is 246 g/mol. The molecule has 0 radical (unpaired) electrons. The van der Waals surface area contributed by atoms with Gasteiger partial charge in [-0.25, -0.2) is 0 Å². The van der Waals surface area contributed by atoms with Crippen molar-refractivity contribution < 1.29 is 0 Å². The zero-order valence-corrected chi connectivity index (χ0v) is 12.6. The Hall–Kier alpha value is -1.06. The van der Waals surface area contributed by atoms with Gasteiger partial charge in [0.05, 0.1) is 0 Å². The predicted octanol–water partition coefficient (Wildman–Crippen LogP) is 2.69. The molecule has 1 saturated carbocycles. The van der Waals surface area contributed by atoms with Crippen LogP contribution in [0, 0.1) is 0 Å². The van der Waals surface area contributed by atoms with Gasteiger partial charge in [-0.15, -0.1) is 0 Å². The summed E-state index contributed by atoms with van der Waals surface area (Å²) in [5, 5.41) is 7.02. The number of hydrogen-bond donors (Lipinski definition) is 2. The highest BCUT2D eigenvalue weighted by Gasteiger charge is 2.19. The minimum atomic E-state index is 0.470. The molecule has 0 amide bonds. The molecule has 2 fully saturated rings. The van der Waals surface area contributed by atoms with Crippen molar-refractivity contribution in [1.82, 2.24) is 10.6 Å². The number of anilines is 1. The average Bonchev–Trinajstić information content (AvgIpc) is 2.56. The fraction of sp³-hybridized carbons (Fsp3) is 0.647. The van der Waals surface area contributed by atoms with Crippen LogP contribution in [0.5, 0.6) is 0 Å². The lowest BCUT2D eigenvalue weighted by molar-refractivity contribution is 0.426. The SMILES string of the molecule is CN(c1ccc(C2CNCCN2)cc1)C1CCCCC1. The van der Waals surface area contributed by atoms with Gasteiger partial charge in [0.1, 0.15) is 0 Å². The van der Waals surface area contributed by atoms with Crippen molar-refractivity contribution >= 4 is 5.69 Å². The fourth-order valence-electron chi connectivity index (χ4n) is 3.51. The molecule has 1 unspecified atom stereocenters. The van der Waals surface area contributed by atoms with Gasteiger partial charge in [0.25, 0.3) is 0 Å². The van der Waals surface area contributed by atoms with Crippen molar-refractivity contribution in [3.63, 3.8) is 0 Å². The van der Waals surface area contributed by atoms with E-state index in [2.05, 4.69) is 46.8 Å². The van der Waals surface area contributed by atoms with Gasteiger partial charge in [0, 0.05) is 44.5 Å². The Morgan fingerprint density at radius 3 is 2.40 bits per heavy atom. The van der Waals surface area contributed by atoms with E-state index in [-0.39, 0.29) is 0 Å². The predicted molar refractivity (Wildman–Crippen MR) is 85.3 cm³/mol. The molecule has 1 aromatic rings. The van der Waals surface area contributed by atoms with E-state index >= 15 is 0 Å². The van der Waals surface area contributed by atoms with E-state index in [1.807, 2.05) is 0 Å². The summed E-state index contributed by atoms with van der Waals surface area (Å²) in [6.07, 6.45) is 6.91. The molecule has 1 aliphatic carbocycles. The van der Waals surface area contributed by atoms with Crippen LogP contribution in [0.15, 0.2) is 24.3 Å². The normalized spacial score (nSPS) is 24.6. The Balaban J connectivity index is 1.65. The molecule has 1 heterocycles. The molecule has 1 aliphatic heterocycles. The zero-order chi connectivity index (χ0) is 13.8. The summed E-state index contributed by atoms with van der Waals surface area (Å²) in [6.45, 7) is 3.19. The second-order valence-electron chi connectivity index (χ2n) is 6.21. The lowest BCUT2D eigenvalue weighted by Gasteiger charge is -2.33. The molecule has 3 nitrogen and oxygen atoms in total. The minimum absolute atomic E-state index is 0.470. The number of nitrogens with zero attached hydrogens (tertiary/aromatic N) is 1. The van der Waals surface area contributed by atoms with Gasteiger partial charge < -0.3 is 15.5 Å². The average molecular weight is 273 g/mol. The van der Waals surface area contributed by atoms with E-state index in [9.17, 15) is 0 Å². The van der Waals surface area contributed by atoms with E-state index in [1.165, 1.54) is 43.4 Å². The third-order valence-electron chi connectivity index (χ3n) is 4.87. The van der Waals surface area contributed by atoms with Crippen molar-refractivity contribution in [3.8, 4) is 0 Å². The van der Waals surface area contributed by atoms with Gasteiger partial charge in [-0.05, 0) is 30.5 Å². The summed E-state index contributed by atoms with van der Waals surface area (Å²) in [4.78, 5) is 2.48. The van der Waals surface area contributed by atoms with Crippen LogP contribution in [0.4, 0.5) is 5.69 Å². The largest absolute Gasteiger partial charge is 0.372 e. The first-order valence-corrected chi connectivity index (χ1v) is 8.11. The lowest BCUT2D eigenvalue weighted by Crippen LogP contribution is -2.42. The number of nitrogens with one attached hydrogen (secondary N) is 2. The Morgan fingerprint density at radius 2 is 1.75 bits per heavy atom. The second kappa shape index (κ2) is 6.59. The Labute approximate surface area is 122 Å². The maximum absolute atomic E-state index is 3.57. The van der Waals surface area contributed by atoms with Crippen LogP contribution < -0.4 is 15.5 Å². The fourth-order valence-corrected chi connectivity index (χ4v) is 3.51. The molecule has 1 aromatic carbocycles. The van der Waals surface area contributed by atoms with Gasteiger partial charge in [0.15, 0.2) is 0 Å². The first-order valence-electron chi connectivity index (χ1n) is 8.11. The number of hydrogen-bond acceptors (Lipinski definition) is 3. The minimum Gasteiger partial charge on any atom is -0.372 e. The monoisotopic (exact) mass is 273 g/mol. The molecule has 2 aliphatic rings. The highest BCUT2D eigenvalue weighted by Crippen LogP contribution is 2.27. The van der Waals surface area contributed by atoms with Crippen molar-refractivity contribution in [1.29, 1.82) is 0 Å². The van der Waals surface area contributed by atoms with Gasteiger partial charge in [0.2, 0.25) is 0 Å². The molecular formula is C17H27N3. The Bertz CT molecular complexity index is 403. The maximum Gasteiger partial charge on any atom is 0.0447 e. The van der Waals surface area contributed by atoms with Crippen LogP contribution in [0.1, 0.15) is 43.7 Å². The van der Waals surface area contributed by atoms with Crippen LogP contribution in [-0.4, -0.2) is 32.7 Å². The van der Waals surface area contributed by atoms with E-state index in [0.29, 0.717) is 6.04 Å². The molecule has 0 bridgehead atoms. The summed E-state index contributed by atoms with van der Waals surface area (Å²) in [7, 11) is 2.26. The smallest absolute Gasteiger partial charge is 0.0447 e. The summed E-state index contributed by atoms with van der Waals surface area (Å²) in [6, 6.07) is 10.4. The molecule has 0 spiro atoms. The quantitative estimate of drug-likeness (QED) is 0.886. The standard InChI is InChI=1S/C17H27N3/c1-20(15-5-3-2-4-6-15)16-9-7-14(8-10-16)17-13-18-11-12-19-17/h7-10,15,17-19H,2-6,11-13H2,1H3. The molecule has 3 rings (SSSR count). The van der Waals surface area contributed by atoms with E-state index in [0.717, 1.165) is 25.7 Å². The van der Waals surface area contributed by atoms with Crippen LogP contribution in [0.2, 0.25) is 0 Å². The van der Waals surface area contributed by atoms with Crippen LogP contribution in [0.25, 0.3) is 0 Å². The van der Waals surface area contributed by atoms with E-state index in [1.54, 1.807) is 0 Å². The van der Waals surface area contributed by atoms with Crippen LogP contribution in [-0.2, 0) is 0 Å². The topological polar surface area (TPSA) is 27.3 Å². The van der Waals surface area contributed by atoms with Gasteiger partial charge in [-0.1, -0.05) is 31.4 Å². The summed E-state index contributed by atoms with van der Waals surface area (Å²) in [5.74, 6) is 0. The van der Waals surface area contributed by atoms with E-state index < -0.39 is 0 Å². The maximum atomic E-state index is 3.57. The number of benzene rings is 1. The molecule has 20 heavy (non-hydrogen) atoms. The van der Waals surface area contributed by atoms with Crippen molar-refractivity contribution in [3.05, 3.63) is 29.8 Å². The van der Waals surface area contributed by atoms with E-state index in [4.69, 9.17) is 0 Å². The molecule has 1 saturated heterocycles. The summed E-state index contributed by atoms with van der Waals surface area (Å²) >= 11 is 0. The van der Waals surface area contributed by atoms with Crippen molar-refractivity contribution in [2.24, 2.45) is 0 Å². The van der Waals surface area contributed by atoms with Gasteiger partial charge >= 0.3 is 0 Å². The zero-order valence-electron chi connectivity index (χ0n) is 12.6. The second-order valence-corrected chi connectivity index (χ2v) is 6.21. The lowest BCUT2D eigenvalue weighted by atomic mass is 9.94. The molecule has 3 heteroatoms. The number of piperazine rings is 1. The summed E-state index contributed by atoms with van der Waals surface area (Å²) in [5.41, 5.74) is 2.77. The third kappa shape index (κ3) is 3.15. The molecule has 1 atom stereocenters.